The smallest absolute Gasteiger partial charge is 0.164 e. The van der Waals surface area contributed by atoms with Crippen LogP contribution in [-0.2, 0) is 0 Å². The average molecular weight is 830 g/mol. The number of fused-ring (bicyclic) bond motifs is 4. The molecule has 12 rings (SSSR count). The molecule has 0 N–H and O–H groups in total. The maximum Gasteiger partial charge on any atom is 0.164 e. The fourth-order valence-corrected chi connectivity index (χ4v) is 8.99. The Morgan fingerprint density at radius 2 is 0.692 bits per heavy atom. The van der Waals surface area contributed by atoms with Gasteiger partial charge in [0.2, 0.25) is 0 Å². The van der Waals surface area contributed by atoms with Crippen molar-refractivity contribution in [2.24, 2.45) is 0 Å². The fourth-order valence-electron chi connectivity index (χ4n) is 8.99. The molecule has 0 aliphatic heterocycles. The van der Waals surface area contributed by atoms with Crippen molar-refractivity contribution in [3.8, 4) is 89.8 Å². The molecule has 0 fully saturated rings. The van der Waals surface area contributed by atoms with E-state index >= 15 is 0 Å². The lowest BCUT2D eigenvalue weighted by Crippen LogP contribution is -2.00. The van der Waals surface area contributed by atoms with E-state index in [1.165, 1.54) is 27.5 Å². The molecule has 4 nitrogen and oxygen atoms in total. The number of hydrogen-bond donors (Lipinski definition) is 0. The predicted octanol–water partition coefficient (Wildman–Crippen LogP) is 16.3. The summed E-state index contributed by atoms with van der Waals surface area (Å²) in [6.45, 7) is 0. The van der Waals surface area contributed by atoms with Gasteiger partial charge in [0.05, 0.1) is 0 Å². The van der Waals surface area contributed by atoms with Gasteiger partial charge in [0.25, 0.3) is 0 Å². The van der Waals surface area contributed by atoms with Crippen molar-refractivity contribution in [3.05, 3.63) is 237 Å². The first kappa shape index (κ1) is 38.0. The number of aromatic nitrogens is 3. The molecule has 4 heteroatoms. The maximum absolute atomic E-state index is 6.78. The molecule has 0 atom stereocenters. The first-order valence-corrected chi connectivity index (χ1v) is 21.9. The summed E-state index contributed by atoms with van der Waals surface area (Å²) in [5, 5.41) is 4.41. The standard InChI is InChI=1S/C61H39N3O/c1-3-12-40(13-4-1)43-26-33-47(34-27-43)59-62-60(48-35-28-45(29-36-48)52-37-30-42-16-7-8-17-49(42)39-52)64-61(63-59)55-22-11-23-56-57(55)54-21-10-20-53(58(54)65-56)46-31-24-44(25-32-46)51-19-9-18-50(38-51)41-14-5-2-6-15-41/h1-39H. The molecular formula is C61H39N3O. The van der Waals surface area contributed by atoms with Gasteiger partial charge in [-0.3, -0.25) is 0 Å². The van der Waals surface area contributed by atoms with Crippen LogP contribution in [0, 0.1) is 0 Å². The van der Waals surface area contributed by atoms with E-state index in [9.17, 15) is 0 Å². The topological polar surface area (TPSA) is 51.8 Å². The fraction of sp³-hybridized carbons (Fsp3) is 0. The number of benzene rings is 10. The monoisotopic (exact) mass is 829 g/mol. The first-order valence-electron chi connectivity index (χ1n) is 21.9. The van der Waals surface area contributed by atoms with Crippen molar-refractivity contribution in [2.45, 2.75) is 0 Å². The van der Waals surface area contributed by atoms with Gasteiger partial charge in [0.15, 0.2) is 17.5 Å². The van der Waals surface area contributed by atoms with Crippen molar-refractivity contribution in [1.29, 1.82) is 0 Å². The Morgan fingerprint density at radius 1 is 0.262 bits per heavy atom. The molecule has 0 radical (unpaired) electrons. The molecule has 65 heavy (non-hydrogen) atoms. The predicted molar refractivity (Wildman–Crippen MR) is 268 cm³/mol. The van der Waals surface area contributed by atoms with Gasteiger partial charge >= 0.3 is 0 Å². The van der Waals surface area contributed by atoms with Gasteiger partial charge in [-0.2, -0.15) is 0 Å². The Labute approximate surface area is 376 Å². The van der Waals surface area contributed by atoms with Gasteiger partial charge in [-0.05, 0) is 79.0 Å². The molecule has 2 heterocycles. The van der Waals surface area contributed by atoms with Crippen LogP contribution < -0.4 is 0 Å². The first-order chi connectivity index (χ1) is 32.2. The summed E-state index contributed by atoms with van der Waals surface area (Å²) >= 11 is 0. The Hall–Kier alpha value is -8.73. The third-order valence-electron chi connectivity index (χ3n) is 12.4. The average Bonchev–Trinajstić information content (AvgIpc) is 3.79. The molecule has 0 aliphatic rings. The van der Waals surface area contributed by atoms with Crippen LogP contribution in [0.25, 0.3) is 123 Å². The van der Waals surface area contributed by atoms with Crippen molar-refractivity contribution in [2.75, 3.05) is 0 Å². The van der Waals surface area contributed by atoms with Gasteiger partial charge in [0, 0.05) is 33.0 Å². The zero-order valence-electron chi connectivity index (χ0n) is 35.3. The Morgan fingerprint density at radius 3 is 1.34 bits per heavy atom. The Bertz CT molecular complexity index is 3670. The van der Waals surface area contributed by atoms with Crippen molar-refractivity contribution < 1.29 is 4.42 Å². The van der Waals surface area contributed by atoms with E-state index in [0.29, 0.717) is 17.5 Å². The van der Waals surface area contributed by atoms with Crippen LogP contribution >= 0.6 is 0 Å². The minimum absolute atomic E-state index is 0.580. The lowest BCUT2D eigenvalue weighted by Gasteiger charge is -2.11. The highest BCUT2D eigenvalue weighted by atomic mass is 16.3. The van der Waals surface area contributed by atoms with E-state index in [0.717, 1.165) is 77.6 Å². The summed E-state index contributed by atoms with van der Waals surface area (Å²) in [6, 6.07) is 82.9. The minimum atomic E-state index is 0.580. The molecule has 0 bridgehead atoms. The highest BCUT2D eigenvalue weighted by molar-refractivity contribution is 6.15. The maximum atomic E-state index is 6.78. The van der Waals surface area contributed by atoms with Gasteiger partial charge in [-0.15, -0.1) is 0 Å². The molecule has 0 aliphatic carbocycles. The zero-order chi connectivity index (χ0) is 43.1. The quantitative estimate of drug-likeness (QED) is 0.153. The zero-order valence-corrected chi connectivity index (χ0v) is 35.3. The molecule has 0 saturated heterocycles. The van der Waals surface area contributed by atoms with Crippen molar-refractivity contribution in [1.82, 2.24) is 15.0 Å². The highest BCUT2D eigenvalue weighted by Crippen LogP contribution is 2.41. The number of furan rings is 1. The van der Waals surface area contributed by atoms with Gasteiger partial charge < -0.3 is 4.42 Å². The van der Waals surface area contributed by atoms with Gasteiger partial charge in [-0.25, -0.2) is 15.0 Å². The van der Waals surface area contributed by atoms with Crippen LogP contribution in [0.15, 0.2) is 241 Å². The van der Waals surface area contributed by atoms with Crippen LogP contribution in [0.3, 0.4) is 0 Å². The molecule has 12 aromatic rings. The number of nitrogens with zero attached hydrogens (tertiary/aromatic N) is 3. The second-order valence-electron chi connectivity index (χ2n) is 16.4. The summed E-state index contributed by atoms with van der Waals surface area (Å²) in [7, 11) is 0. The Balaban J connectivity index is 0.944. The number of rotatable bonds is 8. The third-order valence-corrected chi connectivity index (χ3v) is 12.4. The second kappa shape index (κ2) is 16.2. The lowest BCUT2D eigenvalue weighted by atomic mass is 9.96. The Kier molecular flexibility index (Phi) is 9.46. The molecule has 0 saturated carbocycles. The summed E-state index contributed by atoms with van der Waals surface area (Å²) in [4.78, 5) is 15.6. The summed E-state index contributed by atoms with van der Waals surface area (Å²) in [6.07, 6.45) is 0. The van der Waals surface area contributed by atoms with E-state index in [4.69, 9.17) is 19.4 Å². The molecule has 0 amide bonds. The summed E-state index contributed by atoms with van der Waals surface area (Å²) in [5.74, 6) is 1.78. The van der Waals surface area contributed by atoms with Crippen LogP contribution in [0.4, 0.5) is 0 Å². The van der Waals surface area contributed by atoms with E-state index in [1.54, 1.807) is 0 Å². The van der Waals surface area contributed by atoms with E-state index < -0.39 is 0 Å². The van der Waals surface area contributed by atoms with E-state index in [2.05, 4.69) is 218 Å². The summed E-state index contributed by atoms with van der Waals surface area (Å²) < 4.78 is 6.78. The highest BCUT2D eigenvalue weighted by Gasteiger charge is 2.20. The minimum Gasteiger partial charge on any atom is -0.455 e. The van der Waals surface area contributed by atoms with Crippen LogP contribution in [-0.4, -0.2) is 15.0 Å². The third kappa shape index (κ3) is 7.23. The molecule has 2 aromatic heterocycles. The molecule has 10 aromatic carbocycles. The largest absolute Gasteiger partial charge is 0.455 e. The molecular weight excluding hydrogens is 791 g/mol. The summed E-state index contributed by atoms with van der Waals surface area (Å²) in [5.41, 5.74) is 15.7. The van der Waals surface area contributed by atoms with Crippen molar-refractivity contribution in [3.63, 3.8) is 0 Å². The molecule has 304 valence electrons. The number of hydrogen-bond acceptors (Lipinski definition) is 4. The normalized spacial score (nSPS) is 11.4. The SMILES string of the molecule is c1ccc(-c2ccc(-c3nc(-c4ccc(-c5ccc6ccccc6c5)cc4)nc(-c4cccc5oc6c(-c7ccc(-c8cccc(-c9ccccc9)c8)cc7)cccc6c45)n3)cc2)cc1. The van der Waals surface area contributed by atoms with E-state index in [-0.39, 0.29) is 0 Å². The van der Waals surface area contributed by atoms with Crippen LogP contribution in [0.2, 0.25) is 0 Å². The molecule has 0 unspecified atom stereocenters. The van der Waals surface area contributed by atoms with Crippen molar-refractivity contribution >= 4 is 32.7 Å². The second-order valence-corrected chi connectivity index (χ2v) is 16.4. The van der Waals surface area contributed by atoms with Crippen LogP contribution in [0.1, 0.15) is 0 Å². The van der Waals surface area contributed by atoms with Gasteiger partial charge in [-0.1, -0.05) is 218 Å². The lowest BCUT2D eigenvalue weighted by molar-refractivity contribution is 0.670. The van der Waals surface area contributed by atoms with Crippen LogP contribution in [0.5, 0.6) is 0 Å². The molecule has 0 spiro atoms. The number of para-hydroxylation sites is 1. The van der Waals surface area contributed by atoms with E-state index in [1.807, 2.05) is 18.2 Å². The van der Waals surface area contributed by atoms with Gasteiger partial charge in [0.1, 0.15) is 11.2 Å².